The molecule has 2 aromatic rings. The second-order valence-electron chi connectivity index (χ2n) is 5.44. The summed E-state index contributed by atoms with van der Waals surface area (Å²) in [5.41, 5.74) is 3.17. The number of ketones is 1. The summed E-state index contributed by atoms with van der Waals surface area (Å²) in [5.74, 6) is -0.164. The third kappa shape index (κ3) is 3.10. The van der Waals surface area contributed by atoms with E-state index in [0.717, 1.165) is 19.3 Å². The van der Waals surface area contributed by atoms with Crippen LogP contribution >= 0.6 is 0 Å². The molecule has 2 aromatic carbocycles. The molecule has 1 aliphatic rings. The highest BCUT2D eigenvalue weighted by atomic mass is 19.1. The van der Waals surface area contributed by atoms with Gasteiger partial charge in [-0.25, -0.2) is 4.39 Å². The maximum absolute atomic E-state index is 12.9. The van der Waals surface area contributed by atoms with E-state index in [4.69, 9.17) is 0 Å². The van der Waals surface area contributed by atoms with Gasteiger partial charge in [0.1, 0.15) is 5.82 Å². The van der Waals surface area contributed by atoms with Crippen molar-refractivity contribution in [1.29, 1.82) is 0 Å². The van der Waals surface area contributed by atoms with Crippen LogP contribution in [0.4, 0.5) is 4.39 Å². The van der Waals surface area contributed by atoms with Gasteiger partial charge in [0.2, 0.25) is 0 Å². The van der Waals surface area contributed by atoms with Gasteiger partial charge >= 0.3 is 0 Å². The van der Waals surface area contributed by atoms with Gasteiger partial charge in [-0.1, -0.05) is 36.4 Å². The molecule has 3 rings (SSSR count). The van der Waals surface area contributed by atoms with Gasteiger partial charge in [0, 0.05) is 11.5 Å². The van der Waals surface area contributed by atoms with Crippen LogP contribution in [-0.4, -0.2) is 5.78 Å². The lowest BCUT2D eigenvalue weighted by atomic mass is 9.82. The van der Waals surface area contributed by atoms with Gasteiger partial charge in [-0.15, -0.1) is 0 Å². The zero-order chi connectivity index (χ0) is 14.7. The van der Waals surface area contributed by atoms with Gasteiger partial charge in [-0.3, -0.25) is 4.79 Å². The van der Waals surface area contributed by atoms with Crippen LogP contribution in [0.2, 0.25) is 0 Å². The lowest BCUT2D eigenvalue weighted by Crippen LogP contribution is -2.17. The Morgan fingerprint density at radius 1 is 1.00 bits per heavy atom. The molecule has 0 N–H and O–H groups in total. The number of hydrogen-bond donors (Lipinski definition) is 0. The van der Waals surface area contributed by atoms with Crippen LogP contribution in [-0.2, 0) is 0 Å². The molecule has 21 heavy (non-hydrogen) atoms. The Morgan fingerprint density at radius 3 is 2.33 bits per heavy atom. The average Bonchev–Trinajstić information content (AvgIpc) is 2.56. The molecule has 0 bridgehead atoms. The van der Waals surface area contributed by atoms with E-state index in [1.54, 1.807) is 12.1 Å². The van der Waals surface area contributed by atoms with Crippen LogP contribution in [0.1, 0.15) is 35.2 Å². The van der Waals surface area contributed by atoms with Gasteiger partial charge in [0.25, 0.3) is 0 Å². The van der Waals surface area contributed by atoms with Crippen LogP contribution in [0.5, 0.6) is 0 Å². The molecule has 2 heteroatoms. The van der Waals surface area contributed by atoms with E-state index in [2.05, 4.69) is 18.2 Å². The highest BCUT2D eigenvalue weighted by molar-refractivity contribution is 5.98. The summed E-state index contributed by atoms with van der Waals surface area (Å²) in [4.78, 5) is 12.4. The largest absolute Gasteiger partial charge is 0.294 e. The molecule has 0 fully saturated rings. The van der Waals surface area contributed by atoms with Crippen molar-refractivity contribution >= 4 is 11.4 Å². The highest BCUT2D eigenvalue weighted by Gasteiger charge is 2.23. The van der Waals surface area contributed by atoms with Crippen molar-refractivity contribution < 1.29 is 9.18 Å². The SMILES string of the molecule is O=C(c1ccc(F)cc1)C1CC=C(c2ccccc2)CC1. The predicted octanol–water partition coefficient (Wildman–Crippen LogP) is 4.89. The van der Waals surface area contributed by atoms with Crippen molar-refractivity contribution in [3.05, 3.63) is 77.6 Å². The second kappa shape index (κ2) is 6.04. The molecular formula is C19H17FO. The first kappa shape index (κ1) is 13.7. The summed E-state index contributed by atoms with van der Waals surface area (Å²) in [6.07, 6.45) is 4.71. The third-order valence-corrected chi connectivity index (χ3v) is 4.06. The summed E-state index contributed by atoms with van der Waals surface area (Å²) >= 11 is 0. The minimum atomic E-state index is -0.304. The number of allylic oxidation sites excluding steroid dienone is 2. The fourth-order valence-corrected chi connectivity index (χ4v) is 2.84. The van der Waals surface area contributed by atoms with E-state index in [1.165, 1.54) is 23.3 Å². The predicted molar refractivity (Wildman–Crippen MR) is 82.5 cm³/mol. The molecule has 0 heterocycles. The zero-order valence-electron chi connectivity index (χ0n) is 11.8. The van der Waals surface area contributed by atoms with Crippen LogP contribution in [0, 0.1) is 11.7 Å². The maximum atomic E-state index is 12.9. The Hall–Kier alpha value is -2.22. The molecule has 1 atom stereocenters. The zero-order valence-corrected chi connectivity index (χ0v) is 11.8. The number of halogens is 1. The van der Waals surface area contributed by atoms with Crippen molar-refractivity contribution in [3.63, 3.8) is 0 Å². The number of carbonyl (C=O) groups is 1. The van der Waals surface area contributed by atoms with Crippen LogP contribution in [0.3, 0.4) is 0 Å². The summed E-state index contributed by atoms with van der Waals surface area (Å²) < 4.78 is 12.9. The molecule has 0 saturated heterocycles. The van der Waals surface area contributed by atoms with Crippen LogP contribution < -0.4 is 0 Å². The second-order valence-corrected chi connectivity index (χ2v) is 5.44. The van der Waals surface area contributed by atoms with Gasteiger partial charge in [-0.05, 0) is 54.7 Å². The number of hydrogen-bond acceptors (Lipinski definition) is 1. The van der Waals surface area contributed by atoms with Crippen LogP contribution in [0.25, 0.3) is 5.57 Å². The summed E-state index contributed by atoms with van der Waals surface area (Å²) in [6, 6.07) is 16.1. The van der Waals surface area contributed by atoms with Crippen molar-refractivity contribution in [2.75, 3.05) is 0 Å². The Bertz CT molecular complexity index is 656. The molecule has 0 spiro atoms. The summed E-state index contributed by atoms with van der Waals surface area (Å²) in [5, 5.41) is 0. The maximum Gasteiger partial charge on any atom is 0.166 e. The van der Waals surface area contributed by atoms with Gasteiger partial charge in [0.15, 0.2) is 5.78 Å². The van der Waals surface area contributed by atoms with Crippen molar-refractivity contribution in [3.8, 4) is 0 Å². The molecule has 0 saturated carbocycles. The topological polar surface area (TPSA) is 17.1 Å². The molecule has 1 unspecified atom stereocenters. The Kier molecular flexibility index (Phi) is 3.96. The van der Waals surface area contributed by atoms with Crippen molar-refractivity contribution in [1.82, 2.24) is 0 Å². The Labute approximate surface area is 124 Å². The standard InChI is InChI=1S/C19H17FO/c20-18-12-10-17(11-13-18)19(21)16-8-6-15(7-9-16)14-4-2-1-3-5-14/h1-6,10-13,16H,7-9H2. The first-order chi connectivity index (χ1) is 10.2. The lowest BCUT2D eigenvalue weighted by molar-refractivity contribution is 0.0913. The van der Waals surface area contributed by atoms with E-state index < -0.39 is 0 Å². The first-order valence-corrected chi connectivity index (χ1v) is 7.28. The van der Waals surface area contributed by atoms with Crippen molar-refractivity contribution in [2.24, 2.45) is 5.92 Å². The van der Waals surface area contributed by atoms with Crippen molar-refractivity contribution in [2.45, 2.75) is 19.3 Å². The first-order valence-electron chi connectivity index (χ1n) is 7.28. The minimum Gasteiger partial charge on any atom is -0.294 e. The fourth-order valence-electron chi connectivity index (χ4n) is 2.84. The molecule has 0 aromatic heterocycles. The molecule has 0 radical (unpaired) electrons. The van der Waals surface area contributed by atoms with Crippen LogP contribution in [0.15, 0.2) is 60.7 Å². The third-order valence-electron chi connectivity index (χ3n) is 4.06. The quantitative estimate of drug-likeness (QED) is 0.731. The van der Waals surface area contributed by atoms with E-state index in [0.29, 0.717) is 5.56 Å². The van der Waals surface area contributed by atoms with E-state index in [1.807, 2.05) is 18.2 Å². The van der Waals surface area contributed by atoms with E-state index in [-0.39, 0.29) is 17.5 Å². The molecule has 1 aliphatic carbocycles. The molecule has 0 amide bonds. The van der Waals surface area contributed by atoms with Gasteiger partial charge in [-0.2, -0.15) is 0 Å². The molecule has 0 aliphatic heterocycles. The number of benzene rings is 2. The summed E-state index contributed by atoms with van der Waals surface area (Å²) in [7, 11) is 0. The molecular weight excluding hydrogens is 263 g/mol. The van der Waals surface area contributed by atoms with Gasteiger partial charge in [0.05, 0.1) is 0 Å². The monoisotopic (exact) mass is 280 g/mol. The number of carbonyl (C=O) groups excluding carboxylic acids is 1. The Balaban J connectivity index is 1.72. The van der Waals surface area contributed by atoms with E-state index >= 15 is 0 Å². The van der Waals surface area contributed by atoms with Gasteiger partial charge < -0.3 is 0 Å². The average molecular weight is 280 g/mol. The smallest absolute Gasteiger partial charge is 0.166 e. The summed E-state index contributed by atoms with van der Waals surface area (Å²) in [6.45, 7) is 0. The van der Waals surface area contributed by atoms with E-state index in [9.17, 15) is 9.18 Å². The lowest BCUT2D eigenvalue weighted by Gasteiger charge is -2.21. The number of Topliss-reactive ketones (excluding diaryl/α,β-unsaturated/α-hetero) is 1. The Morgan fingerprint density at radius 2 is 1.71 bits per heavy atom. The minimum absolute atomic E-state index is 0.0166. The number of rotatable bonds is 3. The molecule has 106 valence electrons. The normalized spacial score (nSPS) is 18.1. The fraction of sp³-hybridized carbons (Fsp3) is 0.211. The highest BCUT2D eigenvalue weighted by Crippen LogP contribution is 2.31. The molecule has 1 nitrogen and oxygen atoms in total.